The van der Waals surface area contributed by atoms with Crippen molar-refractivity contribution in [2.45, 2.75) is 51.6 Å². The number of fused-ring (bicyclic) bond motifs is 6. The number of aromatic nitrogens is 1. The molecule has 1 aromatic carbocycles. The number of benzene rings is 1. The van der Waals surface area contributed by atoms with Gasteiger partial charge in [0.1, 0.15) is 5.56 Å². The number of methoxy groups -OCH3 is 1. The Morgan fingerprint density at radius 1 is 1.19 bits per heavy atom. The molecule has 2 aromatic rings. The summed E-state index contributed by atoms with van der Waals surface area (Å²) in [6.45, 7) is 7.77. The van der Waals surface area contributed by atoms with Crippen LogP contribution < -0.4 is 19.9 Å². The van der Waals surface area contributed by atoms with Crippen LogP contribution in [0.4, 0.5) is 0 Å². The molecule has 0 spiro atoms. The summed E-state index contributed by atoms with van der Waals surface area (Å²) < 4.78 is 18.9. The summed E-state index contributed by atoms with van der Waals surface area (Å²) in [5, 5.41) is 11.7. The maximum atomic E-state index is 12.6. The highest BCUT2D eigenvalue weighted by Crippen LogP contribution is 2.50. The van der Waals surface area contributed by atoms with Gasteiger partial charge in [0, 0.05) is 38.0 Å². The minimum absolute atomic E-state index is 0.0358. The summed E-state index contributed by atoms with van der Waals surface area (Å²) in [4.78, 5) is 24.3. The van der Waals surface area contributed by atoms with E-state index in [2.05, 4.69) is 18.9 Å². The van der Waals surface area contributed by atoms with Gasteiger partial charge in [0.2, 0.25) is 0 Å². The Balaban J connectivity index is 1.89. The topological polar surface area (TPSA) is 90.2 Å². The summed E-state index contributed by atoms with van der Waals surface area (Å²) in [5.41, 5.74) is 1.63. The molecule has 1 saturated heterocycles. The lowest BCUT2D eigenvalue weighted by molar-refractivity contribution is 0.0694. The van der Waals surface area contributed by atoms with Crippen molar-refractivity contribution in [2.24, 2.45) is 0 Å². The summed E-state index contributed by atoms with van der Waals surface area (Å²) in [7, 11) is 1.66. The zero-order chi connectivity index (χ0) is 23.0. The molecule has 2 aliphatic rings. The van der Waals surface area contributed by atoms with E-state index < -0.39 is 11.4 Å². The SMILES string of the molecule is CCOc1cc2c(cc1OCCCOC)C1CCC(C)(C)N1n1cc(C(=O)O)c(=O)cc1-2. The van der Waals surface area contributed by atoms with Gasteiger partial charge < -0.3 is 19.3 Å². The number of carbonyl (C=O) groups is 1. The lowest BCUT2D eigenvalue weighted by Gasteiger charge is -2.44. The Kier molecular flexibility index (Phi) is 5.90. The quantitative estimate of drug-likeness (QED) is 0.625. The number of hydrogen-bond acceptors (Lipinski definition) is 6. The Morgan fingerprint density at radius 2 is 1.94 bits per heavy atom. The molecule has 0 bridgehead atoms. The van der Waals surface area contributed by atoms with Gasteiger partial charge in [-0.1, -0.05) is 0 Å². The number of carboxylic acid groups (broad SMARTS) is 1. The Bertz CT molecular complexity index is 1090. The molecule has 2 aliphatic heterocycles. The van der Waals surface area contributed by atoms with Gasteiger partial charge in [0.25, 0.3) is 0 Å². The number of carboxylic acids is 1. The van der Waals surface area contributed by atoms with Crippen molar-refractivity contribution >= 4 is 5.97 Å². The second kappa shape index (κ2) is 8.50. The molecule has 8 nitrogen and oxygen atoms in total. The highest BCUT2D eigenvalue weighted by molar-refractivity contribution is 5.88. The van der Waals surface area contributed by atoms with Crippen LogP contribution in [0.1, 0.15) is 62.0 Å². The number of pyridine rings is 1. The molecule has 0 saturated carbocycles. The molecule has 1 unspecified atom stereocenters. The van der Waals surface area contributed by atoms with E-state index in [4.69, 9.17) is 14.2 Å². The van der Waals surface area contributed by atoms with Crippen LogP contribution in [0.3, 0.4) is 0 Å². The lowest BCUT2D eigenvalue weighted by Crippen LogP contribution is -2.50. The van der Waals surface area contributed by atoms with Gasteiger partial charge in [0.15, 0.2) is 16.9 Å². The number of aromatic carboxylic acids is 1. The molecular weight excluding hydrogens is 412 g/mol. The molecule has 1 N–H and O–H groups in total. The van der Waals surface area contributed by atoms with E-state index in [1.165, 1.54) is 12.3 Å². The van der Waals surface area contributed by atoms with Gasteiger partial charge in [0.05, 0.1) is 30.5 Å². The zero-order valence-electron chi connectivity index (χ0n) is 19.0. The first-order valence-corrected chi connectivity index (χ1v) is 11.0. The van der Waals surface area contributed by atoms with Crippen molar-refractivity contribution in [2.75, 3.05) is 31.9 Å². The van der Waals surface area contributed by atoms with Gasteiger partial charge >= 0.3 is 5.97 Å². The van der Waals surface area contributed by atoms with Crippen LogP contribution in [0.5, 0.6) is 11.5 Å². The van der Waals surface area contributed by atoms with Crippen molar-refractivity contribution in [1.29, 1.82) is 0 Å². The van der Waals surface area contributed by atoms with Crippen molar-refractivity contribution in [3.8, 4) is 22.8 Å². The van der Waals surface area contributed by atoms with Crippen LogP contribution in [0.15, 0.2) is 29.2 Å². The number of rotatable bonds is 8. The summed E-state index contributed by atoms with van der Waals surface area (Å²) in [6.07, 6.45) is 4.06. The Hall–Kier alpha value is -3.00. The standard InChI is InChI=1S/C24H30N2O6/c1-5-31-21-12-16-15(11-22(21)32-10-6-9-30-4)18-7-8-24(2,3)26(18)25-14-17(23(28)29)20(27)13-19(16)25/h11-14,18H,5-10H2,1-4H3,(H,28,29). The first-order chi connectivity index (χ1) is 15.3. The van der Waals surface area contributed by atoms with Crippen LogP contribution in [0.2, 0.25) is 0 Å². The lowest BCUT2D eigenvalue weighted by atomic mass is 9.93. The van der Waals surface area contributed by atoms with Crippen molar-refractivity contribution in [3.63, 3.8) is 0 Å². The van der Waals surface area contributed by atoms with E-state index in [0.717, 1.165) is 30.4 Å². The average molecular weight is 443 g/mol. The Morgan fingerprint density at radius 3 is 2.62 bits per heavy atom. The molecular formula is C24H30N2O6. The number of nitrogens with zero attached hydrogens (tertiary/aromatic N) is 2. The highest BCUT2D eigenvalue weighted by atomic mass is 16.5. The van der Waals surface area contributed by atoms with Crippen molar-refractivity contribution in [1.82, 2.24) is 4.68 Å². The predicted molar refractivity (Wildman–Crippen MR) is 121 cm³/mol. The van der Waals surface area contributed by atoms with Gasteiger partial charge in [-0.3, -0.25) is 14.5 Å². The third-order valence-electron chi connectivity index (χ3n) is 6.24. The molecule has 0 aliphatic carbocycles. The van der Waals surface area contributed by atoms with Crippen molar-refractivity contribution in [3.05, 3.63) is 45.7 Å². The molecule has 4 rings (SSSR count). The molecule has 1 atom stereocenters. The zero-order valence-corrected chi connectivity index (χ0v) is 19.0. The predicted octanol–water partition coefficient (Wildman–Crippen LogP) is 3.59. The fourth-order valence-corrected chi connectivity index (χ4v) is 4.78. The fraction of sp³-hybridized carbons (Fsp3) is 0.500. The average Bonchev–Trinajstić information content (AvgIpc) is 3.07. The Labute approximate surface area is 187 Å². The monoisotopic (exact) mass is 442 g/mol. The van der Waals surface area contributed by atoms with Gasteiger partial charge in [-0.2, -0.15) is 0 Å². The largest absolute Gasteiger partial charge is 0.490 e. The second-order valence-corrected chi connectivity index (χ2v) is 8.81. The van der Waals surface area contributed by atoms with E-state index in [-0.39, 0.29) is 17.1 Å². The first-order valence-electron chi connectivity index (χ1n) is 11.0. The minimum Gasteiger partial charge on any atom is -0.490 e. The van der Waals surface area contributed by atoms with Crippen LogP contribution in [-0.4, -0.2) is 48.2 Å². The van der Waals surface area contributed by atoms with E-state index in [1.807, 2.05) is 23.7 Å². The molecule has 172 valence electrons. The van der Waals surface area contributed by atoms with Crippen LogP contribution in [0, 0.1) is 0 Å². The third kappa shape index (κ3) is 3.72. The molecule has 1 aromatic heterocycles. The van der Waals surface area contributed by atoms with Gasteiger partial charge in [-0.15, -0.1) is 0 Å². The number of hydrogen-bond donors (Lipinski definition) is 1. The summed E-state index contributed by atoms with van der Waals surface area (Å²) in [6, 6.07) is 5.39. The fourth-order valence-electron chi connectivity index (χ4n) is 4.78. The maximum absolute atomic E-state index is 12.6. The van der Waals surface area contributed by atoms with E-state index >= 15 is 0 Å². The molecule has 1 fully saturated rings. The van der Waals surface area contributed by atoms with Gasteiger partial charge in [-0.05, 0) is 51.3 Å². The van der Waals surface area contributed by atoms with E-state index in [1.54, 1.807) is 7.11 Å². The highest BCUT2D eigenvalue weighted by Gasteiger charge is 2.45. The second-order valence-electron chi connectivity index (χ2n) is 8.81. The maximum Gasteiger partial charge on any atom is 0.341 e. The molecule has 0 amide bonds. The summed E-state index contributed by atoms with van der Waals surface area (Å²) >= 11 is 0. The molecule has 0 radical (unpaired) electrons. The van der Waals surface area contributed by atoms with Crippen LogP contribution >= 0.6 is 0 Å². The number of ether oxygens (including phenoxy) is 3. The summed E-state index contributed by atoms with van der Waals surface area (Å²) in [5.74, 6) is 0.0551. The first kappa shape index (κ1) is 22.2. The third-order valence-corrected chi connectivity index (χ3v) is 6.24. The van der Waals surface area contributed by atoms with Crippen LogP contribution in [-0.2, 0) is 4.74 Å². The van der Waals surface area contributed by atoms with E-state index in [0.29, 0.717) is 37.0 Å². The molecule has 8 heteroatoms. The van der Waals surface area contributed by atoms with E-state index in [9.17, 15) is 14.7 Å². The molecule has 32 heavy (non-hydrogen) atoms. The normalized spacial score (nSPS) is 18.0. The molecule has 3 heterocycles. The van der Waals surface area contributed by atoms with Crippen molar-refractivity contribution < 1.29 is 24.1 Å². The van der Waals surface area contributed by atoms with Gasteiger partial charge in [-0.25, -0.2) is 4.79 Å². The smallest absolute Gasteiger partial charge is 0.341 e. The van der Waals surface area contributed by atoms with Crippen LogP contribution in [0.25, 0.3) is 11.3 Å². The minimum atomic E-state index is -1.22.